The first kappa shape index (κ1) is 32.7. The molecule has 0 aliphatic rings. The Morgan fingerprint density at radius 2 is 1.54 bits per heavy atom. The van der Waals surface area contributed by atoms with E-state index in [4.69, 9.17) is 21.3 Å². The highest BCUT2D eigenvalue weighted by Crippen LogP contribution is 2.30. The van der Waals surface area contributed by atoms with Gasteiger partial charge in [-0.15, -0.1) is 0 Å². The van der Waals surface area contributed by atoms with Crippen molar-refractivity contribution in [1.82, 2.24) is 13.9 Å². The number of aromatic nitrogens is 2. The minimum absolute atomic E-state index is 0.0332. The fraction of sp³-hybridized carbons (Fsp3) is 0.194. The molecule has 0 fully saturated rings. The average Bonchev–Trinajstić information content (AvgIpc) is 3.07. The van der Waals surface area contributed by atoms with Crippen LogP contribution in [0.25, 0.3) is 11.1 Å². The molecule has 4 aromatic carbocycles. The topological polar surface area (TPSA) is 98.6 Å². The van der Waals surface area contributed by atoms with E-state index in [0.29, 0.717) is 49.7 Å². The van der Waals surface area contributed by atoms with Crippen LogP contribution < -0.4 is 10.3 Å². The zero-order chi connectivity index (χ0) is 32.7. The maximum absolute atomic E-state index is 14.0. The molecule has 1 amide bonds. The maximum Gasteiger partial charge on any atom is 0.269 e. The minimum Gasteiger partial charge on any atom is -0.465 e. The van der Waals surface area contributed by atoms with E-state index in [-0.39, 0.29) is 23.4 Å². The summed E-state index contributed by atoms with van der Waals surface area (Å²) < 4.78 is 35.6. The van der Waals surface area contributed by atoms with Crippen molar-refractivity contribution in [2.24, 2.45) is 0 Å². The van der Waals surface area contributed by atoms with E-state index in [9.17, 15) is 18.0 Å². The van der Waals surface area contributed by atoms with Crippen LogP contribution in [0.1, 0.15) is 48.6 Å². The Morgan fingerprint density at radius 3 is 2.17 bits per heavy atom. The molecule has 46 heavy (non-hydrogen) atoms. The van der Waals surface area contributed by atoms with Crippen molar-refractivity contribution < 1.29 is 17.9 Å². The van der Waals surface area contributed by atoms with Gasteiger partial charge in [0.05, 0.1) is 22.7 Å². The minimum atomic E-state index is -4.23. The summed E-state index contributed by atoms with van der Waals surface area (Å²) >= 11 is 6.48. The fourth-order valence-electron chi connectivity index (χ4n) is 5.20. The van der Waals surface area contributed by atoms with E-state index in [1.165, 1.54) is 12.1 Å². The number of hydrogen-bond donors (Lipinski definition) is 0. The van der Waals surface area contributed by atoms with Gasteiger partial charge in [-0.25, -0.2) is 13.4 Å². The van der Waals surface area contributed by atoms with E-state index in [1.807, 2.05) is 25.1 Å². The van der Waals surface area contributed by atoms with Crippen LogP contribution in [0, 0.1) is 6.92 Å². The summed E-state index contributed by atoms with van der Waals surface area (Å²) in [6.45, 7) is 4.18. The lowest BCUT2D eigenvalue weighted by Gasteiger charge is -2.28. The van der Waals surface area contributed by atoms with Crippen molar-refractivity contribution in [3.8, 4) is 16.9 Å². The van der Waals surface area contributed by atoms with Crippen LogP contribution >= 0.6 is 11.6 Å². The second-order valence-corrected chi connectivity index (χ2v) is 13.0. The molecule has 0 spiro atoms. The summed E-state index contributed by atoms with van der Waals surface area (Å²) in [5.41, 5.74) is 2.83. The molecule has 5 rings (SSSR count). The van der Waals surface area contributed by atoms with Gasteiger partial charge in [-0.3, -0.25) is 14.2 Å². The Kier molecular flexibility index (Phi) is 10.3. The number of carbonyl (C=O) groups excluding carboxylic acids is 1. The number of hydrogen-bond acceptors (Lipinski definition) is 6. The van der Waals surface area contributed by atoms with E-state index in [2.05, 4.69) is 6.92 Å². The highest BCUT2D eigenvalue weighted by molar-refractivity contribution is 7.89. The van der Waals surface area contributed by atoms with Crippen LogP contribution in [0.3, 0.4) is 0 Å². The third kappa shape index (κ3) is 7.06. The largest absolute Gasteiger partial charge is 0.465 e. The standard InChI is InChI=1S/C36H34ClN3O5S/c1-3-4-19-33-38-26(2)34(31-17-11-12-18-32(31)37)35(42)39(33)24-27-20-22-29(23-21-27)45-36(28-13-7-5-8-14-28)40(25-41)46(43,44)30-15-9-6-10-16-30/h5-18,20-23,25,36H,3-4,19,24H2,1-2H3. The van der Waals surface area contributed by atoms with Crippen LogP contribution in [0.15, 0.2) is 119 Å². The summed E-state index contributed by atoms with van der Waals surface area (Å²) in [5.74, 6) is 1.03. The number of sulfonamides is 1. The number of rotatable bonds is 13. The number of halogens is 1. The molecule has 0 saturated carbocycles. The normalized spacial score (nSPS) is 12.0. The number of ether oxygens (including phenoxy) is 1. The van der Waals surface area contributed by atoms with Gasteiger partial charge >= 0.3 is 0 Å². The molecule has 236 valence electrons. The predicted octanol–water partition coefficient (Wildman–Crippen LogP) is 7.19. The summed E-state index contributed by atoms with van der Waals surface area (Å²) in [5, 5.41) is 0.477. The van der Waals surface area contributed by atoms with Crippen molar-refractivity contribution in [1.29, 1.82) is 0 Å². The second kappa shape index (κ2) is 14.6. The molecule has 0 radical (unpaired) electrons. The fourth-order valence-corrected chi connectivity index (χ4v) is 6.71. The first-order valence-electron chi connectivity index (χ1n) is 14.9. The maximum atomic E-state index is 14.0. The van der Waals surface area contributed by atoms with Gasteiger partial charge in [0.15, 0.2) is 0 Å². The summed E-state index contributed by atoms with van der Waals surface area (Å²) in [7, 11) is -4.23. The van der Waals surface area contributed by atoms with Gasteiger partial charge in [-0.2, -0.15) is 4.31 Å². The summed E-state index contributed by atoms with van der Waals surface area (Å²) in [6, 6.07) is 30.6. The number of unbranched alkanes of at least 4 members (excludes halogenated alkanes) is 1. The Bertz CT molecular complexity index is 1970. The van der Waals surface area contributed by atoms with Crippen molar-refractivity contribution in [2.75, 3.05) is 0 Å². The Morgan fingerprint density at radius 1 is 0.913 bits per heavy atom. The van der Waals surface area contributed by atoms with E-state index in [1.54, 1.807) is 83.4 Å². The van der Waals surface area contributed by atoms with Crippen LogP contribution in [-0.2, 0) is 27.8 Å². The number of amides is 1. The predicted molar refractivity (Wildman–Crippen MR) is 179 cm³/mol. The Labute approximate surface area is 273 Å². The van der Waals surface area contributed by atoms with Gasteiger partial charge in [0.2, 0.25) is 12.6 Å². The Balaban J connectivity index is 1.48. The van der Waals surface area contributed by atoms with Crippen LogP contribution in [-0.4, -0.2) is 28.7 Å². The third-order valence-electron chi connectivity index (χ3n) is 7.58. The molecule has 0 aliphatic carbocycles. The number of carbonyl (C=O) groups is 1. The smallest absolute Gasteiger partial charge is 0.269 e. The lowest BCUT2D eigenvalue weighted by Crippen LogP contribution is -2.36. The van der Waals surface area contributed by atoms with Gasteiger partial charge in [0.1, 0.15) is 11.6 Å². The number of nitrogens with zero attached hydrogens (tertiary/aromatic N) is 3. The van der Waals surface area contributed by atoms with Crippen molar-refractivity contribution in [3.63, 3.8) is 0 Å². The lowest BCUT2D eigenvalue weighted by atomic mass is 10.0. The number of benzene rings is 4. The first-order chi connectivity index (χ1) is 22.2. The average molecular weight is 656 g/mol. The molecule has 10 heteroatoms. The van der Waals surface area contributed by atoms with Gasteiger partial charge < -0.3 is 4.74 Å². The van der Waals surface area contributed by atoms with Crippen LogP contribution in [0.4, 0.5) is 0 Å². The SMILES string of the molecule is CCCCc1nc(C)c(-c2ccccc2Cl)c(=O)n1Cc1ccc(OC(c2ccccc2)N(C=O)S(=O)(=O)c2ccccc2)cc1. The van der Waals surface area contributed by atoms with E-state index in [0.717, 1.165) is 18.4 Å². The Hall–Kier alpha value is -4.73. The van der Waals surface area contributed by atoms with Gasteiger partial charge in [-0.05, 0) is 49.2 Å². The molecule has 0 N–H and O–H groups in total. The van der Waals surface area contributed by atoms with E-state index >= 15 is 0 Å². The summed E-state index contributed by atoms with van der Waals surface area (Å²) in [6.07, 6.45) is 1.47. The molecule has 0 saturated heterocycles. The molecule has 0 aliphatic heterocycles. The van der Waals surface area contributed by atoms with Gasteiger partial charge in [0.25, 0.3) is 15.6 Å². The number of aryl methyl sites for hydroxylation is 2. The molecule has 1 aromatic heterocycles. The summed E-state index contributed by atoms with van der Waals surface area (Å²) in [4.78, 5) is 31.1. The zero-order valence-electron chi connectivity index (χ0n) is 25.5. The van der Waals surface area contributed by atoms with Crippen molar-refractivity contribution >= 4 is 28.0 Å². The highest BCUT2D eigenvalue weighted by atomic mass is 35.5. The lowest BCUT2D eigenvalue weighted by molar-refractivity contribution is -0.119. The molecule has 8 nitrogen and oxygen atoms in total. The monoisotopic (exact) mass is 655 g/mol. The van der Waals surface area contributed by atoms with Gasteiger partial charge in [0, 0.05) is 22.6 Å². The van der Waals surface area contributed by atoms with Crippen molar-refractivity contribution in [3.05, 3.63) is 147 Å². The molecular weight excluding hydrogens is 622 g/mol. The van der Waals surface area contributed by atoms with Gasteiger partial charge in [-0.1, -0.05) is 104 Å². The first-order valence-corrected chi connectivity index (χ1v) is 16.8. The van der Waals surface area contributed by atoms with Crippen molar-refractivity contribution in [2.45, 2.75) is 50.8 Å². The highest BCUT2D eigenvalue weighted by Gasteiger charge is 2.33. The van der Waals surface area contributed by atoms with Crippen LogP contribution in [0.5, 0.6) is 5.75 Å². The molecule has 0 bridgehead atoms. The third-order valence-corrected chi connectivity index (χ3v) is 9.61. The molecule has 5 aromatic rings. The second-order valence-electron chi connectivity index (χ2n) is 10.7. The van der Waals surface area contributed by atoms with Crippen LogP contribution in [0.2, 0.25) is 5.02 Å². The molecule has 1 heterocycles. The molecule has 1 unspecified atom stereocenters. The quantitative estimate of drug-likeness (QED) is 0.0984. The van der Waals surface area contributed by atoms with E-state index < -0.39 is 16.3 Å². The zero-order valence-corrected chi connectivity index (χ0v) is 27.1. The molecular formula is C36H34ClN3O5S. The molecule has 1 atom stereocenters.